The van der Waals surface area contributed by atoms with Gasteiger partial charge in [-0.05, 0) is 49.0 Å². The molecule has 154 valence electrons. The third kappa shape index (κ3) is 2.10. The molecule has 2 aliphatic carbocycles. The molecule has 28 heavy (non-hydrogen) atoms. The molecule has 0 unspecified atom stereocenters. The zero-order valence-electron chi connectivity index (χ0n) is 17.3. The topological polar surface area (TPSA) is 79.2 Å². The molecule has 0 amide bonds. The summed E-state index contributed by atoms with van der Waals surface area (Å²) in [6.45, 7) is 8.98. The van der Waals surface area contributed by atoms with E-state index in [9.17, 15) is 15.3 Å². The molecule has 1 aromatic carbocycles. The summed E-state index contributed by atoms with van der Waals surface area (Å²) in [5, 5.41) is 31.5. The molecule has 2 aliphatic heterocycles. The van der Waals surface area contributed by atoms with E-state index in [-0.39, 0.29) is 22.7 Å². The Kier molecular flexibility index (Phi) is 3.69. The first-order valence-electron chi connectivity index (χ1n) is 10.7. The highest BCUT2D eigenvalue weighted by Crippen LogP contribution is 2.67. The lowest BCUT2D eigenvalue weighted by molar-refractivity contribution is -0.210. The van der Waals surface area contributed by atoms with Gasteiger partial charge in [0.2, 0.25) is 6.29 Å². The Morgan fingerprint density at radius 3 is 2.57 bits per heavy atom. The van der Waals surface area contributed by atoms with Crippen molar-refractivity contribution in [3.63, 3.8) is 0 Å². The number of phenolic OH excluding ortho intramolecular Hbond substituents is 1. The summed E-state index contributed by atoms with van der Waals surface area (Å²) in [5.74, 6) is 2.15. The van der Waals surface area contributed by atoms with Crippen molar-refractivity contribution in [2.75, 3.05) is 0 Å². The van der Waals surface area contributed by atoms with E-state index in [0.717, 1.165) is 36.8 Å². The van der Waals surface area contributed by atoms with Gasteiger partial charge in [0.05, 0.1) is 6.10 Å². The number of benzene rings is 1. The van der Waals surface area contributed by atoms with Crippen LogP contribution in [0.4, 0.5) is 0 Å². The third-order valence-corrected chi connectivity index (χ3v) is 8.88. The monoisotopic (exact) mass is 388 g/mol. The summed E-state index contributed by atoms with van der Waals surface area (Å²) < 4.78 is 12.5. The molecule has 0 aromatic heterocycles. The second kappa shape index (κ2) is 5.57. The van der Waals surface area contributed by atoms with Crippen LogP contribution >= 0.6 is 0 Å². The van der Waals surface area contributed by atoms with Gasteiger partial charge in [0, 0.05) is 29.4 Å². The summed E-state index contributed by atoms with van der Waals surface area (Å²) in [7, 11) is 0. The fourth-order valence-corrected chi connectivity index (χ4v) is 7.16. The van der Waals surface area contributed by atoms with Gasteiger partial charge in [-0.15, -0.1) is 0 Å². The number of aliphatic hydroxyl groups excluding tert-OH is 2. The number of rotatable bonds is 0. The minimum Gasteiger partial charge on any atom is -0.508 e. The normalized spacial score (nSPS) is 43.1. The maximum atomic E-state index is 10.7. The zero-order chi connectivity index (χ0) is 20.1. The number of phenols is 1. The minimum atomic E-state index is -0.878. The van der Waals surface area contributed by atoms with Crippen LogP contribution in [0.3, 0.4) is 0 Å². The van der Waals surface area contributed by atoms with E-state index in [4.69, 9.17) is 9.47 Å². The maximum Gasteiger partial charge on any atom is 0.201 e. The zero-order valence-corrected chi connectivity index (χ0v) is 17.3. The summed E-state index contributed by atoms with van der Waals surface area (Å²) in [5.41, 5.74) is 0.910. The van der Waals surface area contributed by atoms with Gasteiger partial charge >= 0.3 is 0 Å². The van der Waals surface area contributed by atoms with Crippen LogP contribution in [0.1, 0.15) is 64.5 Å². The Hall–Kier alpha value is -1.46. The first-order valence-corrected chi connectivity index (χ1v) is 10.7. The predicted octanol–water partition coefficient (Wildman–Crippen LogP) is 3.55. The molecule has 5 rings (SSSR count). The summed E-state index contributed by atoms with van der Waals surface area (Å²) in [4.78, 5) is 0. The van der Waals surface area contributed by atoms with Crippen LogP contribution in [0.25, 0.3) is 0 Å². The largest absolute Gasteiger partial charge is 0.508 e. The molecule has 4 aliphatic rings. The Bertz CT molecular complexity index is 833. The van der Waals surface area contributed by atoms with Crippen LogP contribution < -0.4 is 9.47 Å². The predicted molar refractivity (Wildman–Crippen MR) is 105 cm³/mol. The molecule has 0 radical (unpaired) electrons. The molecule has 2 heterocycles. The van der Waals surface area contributed by atoms with Crippen LogP contribution in [-0.4, -0.2) is 33.3 Å². The first kappa shape index (κ1) is 18.6. The molecule has 0 saturated heterocycles. The average Bonchev–Trinajstić information content (AvgIpc) is 3.19. The number of aliphatic hydroxyl groups is 2. The lowest BCUT2D eigenvalue weighted by Crippen LogP contribution is -2.66. The van der Waals surface area contributed by atoms with E-state index in [1.807, 2.05) is 0 Å². The lowest BCUT2D eigenvalue weighted by Gasteiger charge is -2.64. The third-order valence-electron chi connectivity index (χ3n) is 8.88. The smallest absolute Gasteiger partial charge is 0.201 e. The quantitative estimate of drug-likeness (QED) is 0.633. The van der Waals surface area contributed by atoms with Crippen molar-refractivity contribution >= 4 is 0 Å². The van der Waals surface area contributed by atoms with Crippen molar-refractivity contribution in [3.05, 3.63) is 17.2 Å². The van der Waals surface area contributed by atoms with Gasteiger partial charge in [-0.25, -0.2) is 0 Å². The van der Waals surface area contributed by atoms with Gasteiger partial charge in [-0.3, -0.25) is 0 Å². The molecular weight excluding hydrogens is 356 g/mol. The molecule has 5 nitrogen and oxygen atoms in total. The Labute approximate surface area is 166 Å². The number of ether oxygens (including phenoxy) is 2. The average molecular weight is 389 g/mol. The van der Waals surface area contributed by atoms with Crippen molar-refractivity contribution in [2.24, 2.45) is 22.7 Å². The van der Waals surface area contributed by atoms with Gasteiger partial charge in [0.25, 0.3) is 0 Å². The van der Waals surface area contributed by atoms with Gasteiger partial charge < -0.3 is 24.8 Å². The van der Waals surface area contributed by atoms with E-state index in [2.05, 4.69) is 27.7 Å². The number of hydrogen-bond acceptors (Lipinski definition) is 5. The summed E-state index contributed by atoms with van der Waals surface area (Å²) in [6.07, 6.45) is 3.66. The molecular formula is C23H32O5. The standard InChI is InChI=1S/C23H32O5/c1-12-5-6-16-21(2,3)17(25)7-8-22(16,4)23(12)11-14-15(24)9-13-10-18(26)27-19(13)20(14)28-23/h9,12,16-18,24-26H,5-8,10-11H2,1-4H3/t12-,16+,17+,18+,22-,23-/m0/s1. The van der Waals surface area contributed by atoms with Crippen molar-refractivity contribution in [1.29, 1.82) is 0 Å². The van der Waals surface area contributed by atoms with E-state index >= 15 is 0 Å². The molecule has 5 heteroatoms. The van der Waals surface area contributed by atoms with Crippen LogP contribution in [0.2, 0.25) is 0 Å². The van der Waals surface area contributed by atoms with Crippen molar-refractivity contribution < 1.29 is 24.8 Å². The Morgan fingerprint density at radius 2 is 1.82 bits per heavy atom. The van der Waals surface area contributed by atoms with Gasteiger partial charge in [-0.2, -0.15) is 0 Å². The van der Waals surface area contributed by atoms with Crippen LogP contribution in [0, 0.1) is 22.7 Å². The number of fused-ring (bicyclic) bond motifs is 5. The lowest BCUT2D eigenvalue weighted by atomic mass is 9.43. The minimum absolute atomic E-state index is 0.108. The van der Waals surface area contributed by atoms with Crippen LogP contribution in [0.15, 0.2) is 6.07 Å². The molecule has 1 spiro atoms. The SMILES string of the molecule is C[C@H]1CC[C@@H]2C(C)(C)[C@H](O)CC[C@]2(C)[C@]12Cc1c(O)cc3c(c1O2)O[C@@H](O)C3. The fraction of sp³-hybridized carbons (Fsp3) is 0.739. The second-order valence-corrected chi connectivity index (χ2v) is 10.5. The molecule has 2 saturated carbocycles. The molecule has 0 bridgehead atoms. The molecule has 1 aromatic rings. The fourth-order valence-electron chi connectivity index (χ4n) is 7.16. The van der Waals surface area contributed by atoms with Crippen LogP contribution in [-0.2, 0) is 12.8 Å². The first-order chi connectivity index (χ1) is 13.1. The van der Waals surface area contributed by atoms with Crippen molar-refractivity contribution in [3.8, 4) is 17.2 Å². The Morgan fingerprint density at radius 1 is 1.07 bits per heavy atom. The molecule has 3 N–H and O–H groups in total. The maximum absolute atomic E-state index is 10.7. The van der Waals surface area contributed by atoms with Crippen LogP contribution in [0.5, 0.6) is 17.2 Å². The highest BCUT2D eigenvalue weighted by Gasteiger charge is 2.67. The number of hydrogen-bond donors (Lipinski definition) is 3. The highest BCUT2D eigenvalue weighted by atomic mass is 16.6. The summed E-state index contributed by atoms with van der Waals surface area (Å²) in [6, 6.07) is 1.73. The highest BCUT2D eigenvalue weighted by molar-refractivity contribution is 5.62. The Balaban J connectivity index is 1.63. The molecule has 2 fully saturated rings. The van der Waals surface area contributed by atoms with E-state index in [1.165, 1.54) is 0 Å². The van der Waals surface area contributed by atoms with Crippen molar-refractivity contribution in [1.82, 2.24) is 0 Å². The van der Waals surface area contributed by atoms with E-state index in [1.54, 1.807) is 6.07 Å². The van der Waals surface area contributed by atoms with E-state index < -0.39 is 11.9 Å². The van der Waals surface area contributed by atoms with Gasteiger partial charge in [0.15, 0.2) is 11.5 Å². The van der Waals surface area contributed by atoms with Gasteiger partial charge in [0.1, 0.15) is 11.4 Å². The van der Waals surface area contributed by atoms with Gasteiger partial charge in [-0.1, -0.05) is 27.7 Å². The summed E-state index contributed by atoms with van der Waals surface area (Å²) >= 11 is 0. The van der Waals surface area contributed by atoms with E-state index in [0.29, 0.717) is 36.2 Å². The second-order valence-electron chi connectivity index (χ2n) is 10.5. The molecule has 6 atom stereocenters. The van der Waals surface area contributed by atoms with Crippen molar-refractivity contribution in [2.45, 2.75) is 84.2 Å². The number of aromatic hydroxyl groups is 1.